The molecule has 0 bridgehead atoms. The van der Waals surface area contributed by atoms with Gasteiger partial charge in [0.1, 0.15) is 11.6 Å². The quantitative estimate of drug-likeness (QED) is 0.405. The van der Waals surface area contributed by atoms with Crippen molar-refractivity contribution in [1.82, 2.24) is 4.31 Å². The SMILES string of the molecule is Cc1cc(F)c(CN(C2CC2)S(=O)(=O)c2c(F)c(F)c(F)c(F)c2F)c(F)c1. The second-order valence-electron chi connectivity index (χ2n) is 6.39. The van der Waals surface area contributed by atoms with Crippen molar-refractivity contribution in [2.45, 2.75) is 37.2 Å². The Balaban J connectivity index is 2.14. The van der Waals surface area contributed by atoms with Crippen molar-refractivity contribution in [2.24, 2.45) is 0 Å². The minimum absolute atomic E-state index is 0.198. The molecule has 0 radical (unpaired) electrons. The second-order valence-corrected chi connectivity index (χ2v) is 8.21. The minimum Gasteiger partial charge on any atom is -0.207 e. The van der Waals surface area contributed by atoms with Crippen molar-refractivity contribution in [2.75, 3.05) is 0 Å². The average Bonchev–Trinajstić information content (AvgIpc) is 3.42. The smallest absolute Gasteiger partial charge is 0.207 e. The zero-order chi connectivity index (χ0) is 21.0. The third kappa shape index (κ3) is 3.37. The lowest BCUT2D eigenvalue weighted by molar-refractivity contribution is 0.343. The van der Waals surface area contributed by atoms with Crippen LogP contribution in [0.3, 0.4) is 0 Å². The summed E-state index contributed by atoms with van der Waals surface area (Å²) in [7, 11) is -5.30. The van der Waals surface area contributed by atoms with E-state index in [4.69, 9.17) is 0 Å². The monoisotopic (exact) mass is 427 g/mol. The third-order valence-corrected chi connectivity index (χ3v) is 6.21. The summed E-state index contributed by atoms with van der Waals surface area (Å²) in [5.74, 6) is -14.6. The van der Waals surface area contributed by atoms with E-state index in [1.807, 2.05) is 0 Å². The lowest BCUT2D eigenvalue weighted by atomic mass is 10.1. The minimum atomic E-state index is -5.30. The molecule has 0 atom stereocenters. The number of hydrogen-bond donors (Lipinski definition) is 0. The van der Waals surface area contributed by atoms with Gasteiger partial charge in [0.15, 0.2) is 28.2 Å². The van der Waals surface area contributed by atoms with Crippen LogP contribution in [0.2, 0.25) is 0 Å². The van der Waals surface area contributed by atoms with Crippen LogP contribution in [0.4, 0.5) is 30.7 Å². The summed E-state index contributed by atoms with van der Waals surface area (Å²) in [6, 6.07) is 0.961. The van der Waals surface area contributed by atoms with E-state index in [1.165, 1.54) is 6.92 Å². The van der Waals surface area contributed by atoms with E-state index in [9.17, 15) is 39.2 Å². The van der Waals surface area contributed by atoms with Crippen LogP contribution in [0.5, 0.6) is 0 Å². The molecule has 0 N–H and O–H groups in total. The van der Waals surface area contributed by atoms with Gasteiger partial charge in [-0.2, -0.15) is 4.31 Å². The maximum atomic E-state index is 14.1. The molecule has 3 nitrogen and oxygen atoms in total. The number of hydrogen-bond acceptors (Lipinski definition) is 2. The molecule has 0 heterocycles. The highest BCUT2D eigenvalue weighted by atomic mass is 32.2. The molecule has 0 unspecified atom stereocenters. The van der Waals surface area contributed by atoms with Crippen LogP contribution in [-0.2, 0) is 16.6 Å². The van der Waals surface area contributed by atoms with Crippen molar-refractivity contribution in [3.05, 3.63) is 64.0 Å². The Morgan fingerprint density at radius 1 is 0.857 bits per heavy atom. The first kappa shape index (κ1) is 20.6. The van der Waals surface area contributed by atoms with Crippen LogP contribution in [0.15, 0.2) is 17.0 Å². The topological polar surface area (TPSA) is 37.4 Å². The Morgan fingerprint density at radius 3 is 1.71 bits per heavy atom. The van der Waals surface area contributed by atoms with Gasteiger partial charge < -0.3 is 0 Å². The van der Waals surface area contributed by atoms with Crippen LogP contribution in [-0.4, -0.2) is 18.8 Å². The maximum Gasteiger partial charge on any atom is 0.249 e. The lowest BCUT2D eigenvalue weighted by Crippen LogP contribution is -2.35. The number of rotatable bonds is 5. The standard InChI is InChI=1S/C17H12F7NO2S/c1-7-4-10(18)9(11(19)5-7)6-25(8-2-3-8)28(26,27)17-15(23)13(21)12(20)14(22)16(17)24/h4-5,8H,2-3,6H2,1H3. The number of aryl methyl sites for hydroxylation is 1. The van der Waals surface area contributed by atoms with Crippen LogP contribution in [0, 0.1) is 47.6 Å². The molecule has 1 aliphatic carbocycles. The molecule has 2 aromatic carbocycles. The van der Waals surface area contributed by atoms with Gasteiger partial charge >= 0.3 is 0 Å². The molecule has 2 aromatic rings. The molecule has 0 aliphatic heterocycles. The molecule has 3 rings (SSSR count). The van der Waals surface area contributed by atoms with Gasteiger partial charge in [-0.3, -0.25) is 0 Å². The van der Waals surface area contributed by atoms with E-state index >= 15 is 0 Å². The molecule has 0 saturated heterocycles. The van der Waals surface area contributed by atoms with Gasteiger partial charge in [0, 0.05) is 18.2 Å². The highest BCUT2D eigenvalue weighted by molar-refractivity contribution is 7.89. The fourth-order valence-corrected chi connectivity index (χ4v) is 4.51. The van der Waals surface area contributed by atoms with Crippen molar-refractivity contribution in [3.63, 3.8) is 0 Å². The molecule has 1 saturated carbocycles. The number of nitrogens with zero attached hydrogens (tertiary/aromatic N) is 1. The van der Waals surface area contributed by atoms with Crippen LogP contribution >= 0.6 is 0 Å². The van der Waals surface area contributed by atoms with E-state index < -0.39 is 73.8 Å². The normalized spacial score (nSPS) is 14.8. The molecule has 1 aliphatic rings. The van der Waals surface area contributed by atoms with E-state index in [1.54, 1.807) is 0 Å². The van der Waals surface area contributed by atoms with Crippen molar-refractivity contribution in [3.8, 4) is 0 Å². The van der Waals surface area contributed by atoms with Gasteiger partial charge in [0.05, 0.1) is 0 Å². The molecule has 152 valence electrons. The molecular weight excluding hydrogens is 415 g/mol. The summed E-state index contributed by atoms with van der Waals surface area (Å²) in [6.07, 6.45) is 0.396. The summed E-state index contributed by atoms with van der Waals surface area (Å²) in [4.78, 5) is -2.05. The second kappa shape index (κ2) is 7.03. The fourth-order valence-electron chi connectivity index (χ4n) is 2.74. The predicted molar refractivity (Wildman–Crippen MR) is 83.1 cm³/mol. The Hall–Kier alpha value is -2.14. The first-order valence-electron chi connectivity index (χ1n) is 7.94. The first-order chi connectivity index (χ1) is 13.0. The molecule has 11 heteroatoms. The summed E-state index contributed by atoms with van der Waals surface area (Å²) in [5.41, 5.74) is -0.496. The van der Waals surface area contributed by atoms with E-state index in [2.05, 4.69) is 0 Å². The third-order valence-electron chi connectivity index (χ3n) is 4.29. The average molecular weight is 427 g/mol. The Morgan fingerprint density at radius 2 is 1.29 bits per heavy atom. The van der Waals surface area contributed by atoms with Crippen molar-refractivity contribution in [1.29, 1.82) is 0 Å². The van der Waals surface area contributed by atoms with Crippen molar-refractivity contribution >= 4 is 10.0 Å². The zero-order valence-corrected chi connectivity index (χ0v) is 15.0. The van der Waals surface area contributed by atoms with Gasteiger partial charge in [-0.1, -0.05) is 0 Å². The van der Waals surface area contributed by atoms with Crippen LogP contribution in [0.25, 0.3) is 0 Å². The summed E-state index contributed by atoms with van der Waals surface area (Å²) >= 11 is 0. The van der Waals surface area contributed by atoms with Crippen LogP contribution in [0.1, 0.15) is 24.0 Å². The largest absolute Gasteiger partial charge is 0.249 e. The summed E-state index contributed by atoms with van der Waals surface area (Å²) in [5, 5.41) is 0. The van der Waals surface area contributed by atoms with Gasteiger partial charge in [-0.25, -0.2) is 39.2 Å². The number of benzene rings is 2. The first-order valence-corrected chi connectivity index (χ1v) is 9.38. The summed E-state index contributed by atoms with van der Waals surface area (Å²) in [6.45, 7) is 0.421. The maximum absolute atomic E-state index is 14.1. The van der Waals surface area contributed by atoms with E-state index in [-0.39, 0.29) is 18.4 Å². The number of halogens is 7. The Kier molecular flexibility index (Phi) is 5.17. The van der Waals surface area contributed by atoms with E-state index in [0.29, 0.717) is 4.31 Å². The van der Waals surface area contributed by atoms with Gasteiger partial charge in [0.25, 0.3) is 0 Å². The Bertz CT molecular complexity index is 1020. The van der Waals surface area contributed by atoms with E-state index in [0.717, 1.165) is 12.1 Å². The Labute approximate surface area is 155 Å². The number of sulfonamides is 1. The molecular formula is C17H12F7NO2S. The highest BCUT2D eigenvalue weighted by Gasteiger charge is 2.43. The fraction of sp³-hybridized carbons (Fsp3) is 0.294. The molecule has 0 amide bonds. The molecule has 0 aromatic heterocycles. The predicted octanol–water partition coefficient (Wildman–Crippen LogP) is 4.32. The lowest BCUT2D eigenvalue weighted by Gasteiger charge is -2.23. The summed E-state index contributed by atoms with van der Waals surface area (Å²) < 4.78 is 122. The zero-order valence-electron chi connectivity index (χ0n) is 14.2. The van der Waals surface area contributed by atoms with Crippen molar-refractivity contribution < 1.29 is 39.2 Å². The highest BCUT2D eigenvalue weighted by Crippen LogP contribution is 2.37. The molecule has 28 heavy (non-hydrogen) atoms. The van der Waals surface area contributed by atoms with Gasteiger partial charge in [0.2, 0.25) is 15.8 Å². The van der Waals surface area contributed by atoms with Gasteiger partial charge in [-0.05, 0) is 37.5 Å². The van der Waals surface area contributed by atoms with Crippen LogP contribution < -0.4 is 0 Å². The molecule has 1 fully saturated rings. The van der Waals surface area contributed by atoms with Gasteiger partial charge in [-0.15, -0.1) is 0 Å². The molecule has 0 spiro atoms.